The number of phenolic OH excluding ortho intramolecular Hbond substituents is 1. The molecule has 0 aliphatic heterocycles. The number of fused-ring (bicyclic) bond motifs is 1. The fourth-order valence-electron chi connectivity index (χ4n) is 2.66. The number of hydrogen-bond donors (Lipinski definition) is 3. The van der Waals surface area contributed by atoms with Crippen LogP contribution in [0.1, 0.15) is 24.2 Å². The maximum absolute atomic E-state index is 12.2. The molecule has 0 atom stereocenters. The molecule has 0 saturated heterocycles. The minimum Gasteiger partial charge on any atom is -0.507 e. The van der Waals surface area contributed by atoms with Crippen molar-refractivity contribution in [3.63, 3.8) is 0 Å². The Morgan fingerprint density at radius 1 is 1.14 bits per heavy atom. The summed E-state index contributed by atoms with van der Waals surface area (Å²) in [7, 11) is 0. The fourth-order valence-corrected chi connectivity index (χ4v) is 2.66. The maximum Gasteiger partial charge on any atom is 0.322 e. The van der Waals surface area contributed by atoms with Crippen LogP contribution in [0.3, 0.4) is 0 Å². The molecular formula is C20H19N3O5. The third kappa shape index (κ3) is 4.17. The first kappa shape index (κ1) is 19.1. The minimum atomic E-state index is -1.19. The van der Waals surface area contributed by atoms with E-state index in [1.54, 1.807) is 6.07 Å². The minimum absolute atomic E-state index is 0.0738. The van der Waals surface area contributed by atoms with E-state index >= 15 is 0 Å². The second kappa shape index (κ2) is 7.91. The van der Waals surface area contributed by atoms with Crippen LogP contribution in [-0.2, 0) is 4.79 Å². The molecule has 1 heterocycles. The smallest absolute Gasteiger partial charge is 0.322 e. The van der Waals surface area contributed by atoms with Crippen LogP contribution in [0.15, 0.2) is 42.6 Å². The number of aromatic hydroxyl groups is 1. The molecule has 28 heavy (non-hydrogen) atoms. The molecule has 0 spiro atoms. The first-order chi connectivity index (χ1) is 13.3. The van der Waals surface area contributed by atoms with Crippen molar-refractivity contribution in [2.45, 2.75) is 20.0 Å². The number of carboxylic acids is 1. The van der Waals surface area contributed by atoms with Crippen LogP contribution >= 0.6 is 0 Å². The molecule has 0 fully saturated rings. The highest BCUT2D eigenvalue weighted by Crippen LogP contribution is 2.27. The van der Waals surface area contributed by atoms with Crippen LogP contribution in [0.5, 0.6) is 11.5 Å². The molecule has 0 aliphatic rings. The van der Waals surface area contributed by atoms with Gasteiger partial charge in [0.15, 0.2) is 0 Å². The number of hydrogen-bond acceptors (Lipinski definition) is 6. The number of carbonyl (C=O) groups is 2. The lowest BCUT2D eigenvalue weighted by Gasteiger charge is -2.11. The summed E-state index contributed by atoms with van der Waals surface area (Å²) in [6, 6.07) is 10.3. The van der Waals surface area contributed by atoms with Gasteiger partial charge in [-0.15, -0.1) is 0 Å². The SMILES string of the molecule is CC(C)Oc1ccc(-c2cnc3c(C(=O)NCC(=O)O)c(O)ccc3n2)cc1. The quantitative estimate of drug-likeness (QED) is 0.600. The molecule has 0 aliphatic carbocycles. The molecule has 8 nitrogen and oxygen atoms in total. The van der Waals surface area contributed by atoms with Crippen molar-refractivity contribution in [1.29, 1.82) is 0 Å². The standard InChI is InChI=1S/C20H19N3O5/c1-11(2)28-13-5-3-12(4-6-13)15-9-21-19-14(23-15)7-8-16(24)18(19)20(27)22-10-17(25)26/h3-9,11,24H,10H2,1-2H3,(H,22,27)(H,25,26). The predicted molar refractivity (Wildman–Crippen MR) is 102 cm³/mol. The zero-order chi connectivity index (χ0) is 20.3. The van der Waals surface area contributed by atoms with Gasteiger partial charge in [-0.25, -0.2) is 4.98 Å². The Kier molecular flexibility index (Phi) is 5.39. The Hall–Kier alpha value is -3.68. The highest BCUT2D eigenvalue weighted by atomic mass is 16.5. The number of carboxylic acid groups (broad SMARTS) is 1. The number of nitrogens with one attached hydrogen (secondary N) is 1. The summed E-state index contributed by atoms with van der Waals surface area (Å²) >= 11 is 0. The largest absolute Gasteiger partial charge is 0.507 e. The topological polar surface area (TPSA) is 122 Å². The molecular weight excluding hydrogens is 362 g/mol. The normalized spacial score (nSPS) is 10.8. The Labute approximate surface area is 160 Å². The molecule has 2 aromatic carbocycles. The second-order valence-corrected chi connectivity index (χ2v) is 6.35. The molecule has 1 aromatic heterocycles. The van der Waals surface area contributed by atoms with E-state index in [-0.39, 0.29) is 22.9 Å². The van der Waals surface area contributed by atoms with E-state index in [0.717, 1.165) is 11.3 Å². The van der Waals surface area contributed by atoms with Gasteiger partial charge in [0, 0.05) is 5.56 Å². The van der Waals surface area contributed by atoms with Gasteiger partial charge in [-0.05, 0) is 50.2 Å². The molecule has 3 aromatic rings. The molecule has 1 amide bonds. The molecule has 3 rings (SSSR count). The predicted octanol–water partition coefficient (Wildman–Crippen LogP) is 2.60. The number of aromatic nitrogens is 2. The summed E-state index contributed by atoms with van der Waals surface area (Å²) in [4.78, 5) is 31.7. The average molecular weight is 381 g/mol. The highest BCUT2D eigenvalue weighted by molar-refractivity contribution is 6.08. The third-order valence-corrected chi connectivity index (χ3v) is 3.84. The Morgan fingerprint density at radius 2 is 1.86 bits per heavy atom. The van der Waals surface area contributed by atoms with Crippen LogP contribution in [0, 0.1) is 0 Å². The maximum atomic E-state index is 12.2. The van der Waals surface area contributed by atoms with Crippen molar-refractivity contribution in [2.75, 3.05) is 6.54 Å². The molecule has 3 N–H and O–H groups in total. The number of phenols is 1. The van der Waals surface area contributed by atoms with E-state index < -0.39 is 18.4 Å². The molecule has 8 heteroatoms. The zero-order valence-electron chi connectivity index (χ0n) is 15.3. The van der Waals surface area contributed by atoms with Crippen LogP contribution in [-0.4, -0.2) is 44.7 Å². The molecule has 0 saturated carbocycles. The zero-order valence-corrected chi connectivity index (χ0v) is 15.3. The van der Waals surface area contributed by atoms with Crippen LogP contribution in [0.4, 0.5) is 0 Å². The second-order valence-electron chi connectivity index (χ2n) is 6.35. The highest BCUT2D eigenvalue weighted by Gasteiger charge is 2.18. The van der Waals surface area contributed by atoms with E-state index in [4.69, 9.17) is 9.84 Å². The fraction of sp³-hybridized carbons (Fsp3) is 0.200. The summed E-state index contributed by atoms with van der Waals surface area (Å²) in [5, 5.41) is 21.0. The Balaban J connectivity index is 1.95. The van der Waals surface area contributed by atoms with Gasteiger partial charge >= 0.3 is 5.97 Å². The van der Waals surface area contributed by atoms with E-state index in [0.29, 0.717) is 11.2 Å². The first-order valence-electron chi connectivity index (χ1n) is 8.61. The number of amides is 1. The van der Waals surface area contributed by atoms with Gasteiger partial charge in [-0.2, -0.15) is 0 Å². The lowest BCUT2D eigenvalue weighted by Crippen LogP contribution is -2.29. The van der Waals surface area contributed by atoms with Gasteiger partial charge in [-0.1, -0.05) is 0 Å². The van der Waals surface area contributed by atoms with Crippen molar-refractivity contribution in [2.24, 2.45) is 0 Å². The number of carbonyl (C=O) groups excluding carboxylic acids is 1. The van der Waals surface area contributed by atoms with Crippen molar-refractivity contribution in [1.82, 2.24) is 15.3 Å². The van der Waals surface area contributed by atoms with Crippen molar-refractivity contribution in [3.05, 3.63) is 48.2 Å². The van der Waals surface area contributed by atoms with Crippen LogP contribution in [0.25, 0.3) is 22.3 Å². The van der Waals surface area contributed by atoms with Gasteiger partial charge < -0.3 is 20.3 Å². The van der Waals surface area contributed by atoms with Crippen molar-refractivity contribution < 1.29 is 24.5 Å². The Morgan fingerprint density at radius 3 is 2.50 bits per heavy atom. The number of benzene rings is 2. The van der Waals surface area contributed by atoms with E-state index in [9.17, 15) is 14.7 Å². The Bertz CT molecular complexity index is 1030. The molecule has 144 valence electrons. The van der Waals surface area contributed by atoms with Gasteiger partial charge in [0.05, 0.1) is 23.5 Å². The summed E-state index contributed by atoms with van der Waals surface area (Å²) in [6.07, 6.45) is 1.57. The summed E-state index contributed by atoms with van der Waals surface area (Å²) in [6.45, 7) is 3.33. The van der Waals surface area contributed by atoms with Crippen molar-refractivity contribution >= 4 is 22.9 Å². The third-order valence-electron chi connectivity index (χ3n) is 3.84. The first-order valence-corrected chi connectivity index (χ1v) is 8.61. The van der Waals surface area contributed by atoms with E-state index in [1.807, 2.05) is 38.1 Å². The average Bonchev–Trinajstić information content (AvgIpc) is 2.66. The number of ether oxygens (including phenoxy) is 1. The van der Waals surface area contributed by atoms with Crippen LogP contribution in [0.2, 0.25) is 0 Å². The van der Waals surface area contributed by atoms with Crippen LogP contribution < -0.4 is 10.1 Å². The van der Waals surface area contributed by atoms with E-state index in [2.05, 4.69) is 15.3 Å². The van der Waals surface area contributed by atoms with Gasteiger partial charge in [-0.3, -0.25) is 14.6 Å². The lowest BCUT2D eigenvalue weighted by atomic mass is 10.1. The lowest BCUT2D eigenvalue weighted by molar-refractivity contribution is -0.135. The van der Waals surface area contributed by atoms with Gasteiger partial charge in [0.1, 0.15) is 29.1 Å². The monoisotopic (exact) mass is 381 g/mol. The van der Waals surface area contributed by atoms with Gasteiger partial charge in [0.25, 0.3) is 5.91 Å². The van der Waals surface area contributed by atoms with Crippen molar-refractivity contribution in [3.8, 4) is 22.8 Å². The molecule has 0 unspecified atom stereocenters. The summed E-state index contributed by atoms with van der Waals surface area (Å²) in [5.74, 6) is -1.48. The number of aliphatic carboxylic acids is 1. The number of rotatable bonds is 6. The van der Waals surface area contributed by atoms with Gasteiger partial charge in [0.2, 0.25) is 0 Å². The van der Waals surface area contributed by atoms with E-state index in [1.165, 1.54) is 12.3 Å². The number of nitrogens with zero attached hydrogens (tertiary/aromatic N) is 2. The summed E-state index contributed by atoms with van der Waals surface area (Å²) in [5.41, 5.74) is 1.88. The summed E-state index contributed by atoms with van der Waals surface area (Å²) < 4.78 is 5.62. The molecule has 0 radical (unpaired) electrons. The molecule has 0 bridgehead atoms.